The van der Waals surface area contributed by atoms with Crippen LogP contribution in [0.2, 0.25) is 0 Å². The van der Waals surface area contributed by atoms with Crippen molar-refractivity contribution < 1.29 is 4.79 Å². The number of likely N-dealkylation sites (N-methyl/N-ethyl adjacent to an activating group) is 1. The Hall–Kier alpha value is -1.15. The average Bonchev–Trinajstić information content (AvgIpc) is 2.14. The molecule has 0 aliphatic heterocycles. The molecule has 0 saturated heterocycles. The third-order valence-corrected chi connectivity index (χ3v) is 3.27. The molecule has 2 rings (SSSR count). The summed E-state index contributed by atoms with van der Waals surface area (Å²) < 4.78 is 0. The highest BCUT2D eigenvalue weighted by Gasteiger charge is 2.23. The largest absolute Gasteiger partial charge is 0.302 e. The van der Waals surface area contributed by atoms with E-state index in [1.807, 2.05) is 37.2 Å². The van der Waals surface area contributed by atoms with Crippen molar-refractivity contribution in [3.05, 3.63) is 35.4 Å². The molecule has 1 aliphatic rings. The van der Waals surface area contributed by atoms with E-state index < -0.39 is 0 Å². The minimum atomic E-state index is 0.243. The first-order valence-electron chi connectivity index (χ1n) is 5.95. The molecule has 1 fully saturated rings. The lowest BCUT2D eigenvalue weighted by Gasteiger charge is -2.27. The van der Waals surface area contributed by atoms with Crippen molar-refractivity contribution in [2.45, 2.75) is 25.2 Å². The van der Waals surface area contributed by atoms with Crippen LogP contribution >= 0.6 is 0 Å². The molecule has 0 amide bonds. The van der Waals surface area contributed by atoms with Crippen molar-refractivity contribution in [1.29, 1.82) is 0 Å². The Balaban J connectivity index is 2.21. The minimum absolute atomic E-state index is 0.243. The van der Waals surface area contributed by atoms with E-state index in [-0.39, 0.29) is 5.78 Å². The monoisotopic (exact) mass is 217 g/mol. The van der Waals surface area contributed by atoms with Crippen molar-refractivity contribution in [2.24, 2.45) is 0 Å². The summed E-state index contributed by atoms with van der Waals surface area (Å²) in [5.41, 5.74) is 2.20. The second kappa shape index (κ2) is 4.79. The summed E-state index contributed by atoms with van der Waals surface area (Å²) in [5, 5.41) is 0. The molecule has 0 N–H and O–H groups in total. The van der Waals surface area contributed by atoms with E-state index in [2.05, 4.69) is 6.07 Å². The predicted octanol–water partition coefficient (Wildman–Crippen LogP) is 2.70. The average molecular weight is 217 g/mol. The number of nitrogens with zero attached hydrogens (tertiary/aromatic N) is 1. The summed E-state index contributed by atoms with van der Waals surface area (Å²) in [7, 11) is 3.87. The summed E-state index contributed by atoms with van der Waals surface area (Å²) in [6.45, 7) is 0.504. The number of hydrogen-bond acceptors (Lipinski definition) is 2. The van der Waals surface area contributed by atoms with Gasteiger partial charge in [0.2, 0.25) is 0 Å². The van der Waals surface area contributed by atoms with Crippen LogP contribution in [-0.2, 0) is 0 Å². The van der Waals surface area contributed by atoms with E-state index in [4.69, 9.17) is 0 Å². The second-order valence-electron chi connectivity index (χ2n) is 4.88. The van der Waals surface area contributed by atoms with Gasteiger partial charge >= 0.3 is 0 Å². The summed E-state index contributed by atoms with van der Waals surface area (Å²) >= 11 is 0. The molecule has 0 bridgehead atoms. The molecule has 1 aromatic carbocycles. The molecular weight excluding hydrogens is 198 g/mol. The van der Waals surface area contributed by atoms with Gasteiger partial charge < -0.3 is 4.90 Å². The first-order valence-corrected chi connectivity index (χ1v) is 5.95. The fourth-order valence-electron chi connectivity index (χ4n) is 2.20. The van der Waals surface area contributed by atoms with E-state index >= 15 is 0 Å². The molecule has 1 aromatic rings. The first kappa shape index (κ1) is 11.3. The van der Waals surface area contributed by atoms with Gasteiger partial charge in [0, 0.05) is 5.56 Å². The Kier molecular flexibility index (Phi) is 3.39. The van der Waals surface area contributed by atoms with Crippen LogP contribution in [0.25, 0.3) is 0 Å². The van der Waals surface area contributed by atoms with Gasteiger partial charge in [-0.25, -0.2) is 0 Å². The topological polar surface area (TPSA) is 20.3 Å². The van der Waals surface area contributed by atoms with Crippen molar-refractivity contribution in [3.8, 4) is 0 Å². The van der Waals surface area contributed by atoms with Crippen LogP contribution < -0.4 is 0 Å². The third-order valence-electron chi connectivity index (χ3n) is 3.27. The van der Waals surface area contributed by atoms with Gasteiger partial charge in [0.05, 0.1) is 6.54 Å². The molecule has 2 nitrogen and oxygen atoms in total. The van der Waals surface area contributed by atoms with Crippen molar-refractivity contribution in [1.82, 2.24) is 4.90 Å². The molecule has 86 valence electrons. The molecule has 0 atom stereocenters. The van der Waals surface area contributed by atoms with E-state index in [0.29, 0.717) is 12.5 Å². The number of ketones is 1. The van der Waals surface area contributed by atoms with Crippen LogP contribution in [0.3, 0.4) is 0 Å². The van der Waals surface area contributed by atoms with Crippen LogP contribution in [0.15, 0.2) is 24.3 Å². The lowest BCUT2D eigenvalue weighted by atomic mass is 9.77. The summed E-state index contributed by atoms with van der Waals surface area (Å²) in [4.78, 5) is 14.0. The van der Waals surface area contributed by atoms with Gasteiger partial charge in [-0.05, 0) is 38.4 Å². The number of carbonyl (C=O) groups excluding carboxylic acids is 1. The number of carbonyl (C=O) groups is 1. The maximum Gasteiger partial charge on any atom is 0.177 e. The number of benzene rings is 1. The lowest BCUT2D eigenvalue weighted by molar-refractivity contribution is 0.0956. The zero-order valence-corrected chi connectivity index (χ0v) is 10.1. The second-order valence-corrected chi connectivity index (χ2v) is 4.88. The maximum atomic E-state index is 12.1. The van der Waals surface area contributed by atoms with E-state index in [1.54, 1.807) is 0 Å². The Bertz CT molecular complexity index is 380. The highest BCUT2D eigenvalue weighted by atomic mass is 16.1. The zero-order chi connectivity index (χ0) is 11.5. The maximum absolute atomic E-state index is 12.1. The summed E-state index contributed by atoms with van der Waals surface area (Å²) in [6.07, 6.45) is 3.79. The molecule has 0 aromatic heterocycles. The highest BCUT2D eigenvalue weighted by Crippen LogP contribution is 2.37. The molecule has 0 radical (unpaired) electrons. The van der Waals surface area contributed by atoms with E-state index in [0.717, 1.165) is 5.56 Å². The number of Topliss-reactive ketones (excluding diaryl/α,β-unsaturated/α-hetero) is 1. The Morgan fingerprint density at radius 3 is 2.56 bits per heavy atom. The van der Waals surface area contributed by atoms with Gasteiger partial charge in [-0.1, -0.05) is 30.7 Å². The minimum Gasteiger partial charge on any atom is -0.302 e. The fraction of sp³-hybridized carbons (Fsp3) is 0.500. The zero-order valence-electron chi connectivity index (χ0n) is 10.1. The Morgan fingerprint density at radius 1 is 1.31 bits per heavy atom. The standard InChI is InChI=1S/C14H19NO/c1-15(2)10-14(16)13-9-4-3-8-12(13)11-6-5-7-11/h3-4,8-9,11H,5-7,10H2,1-2H3. The van der Waals surface area contributed by atoms with Gasteiger partial charge in [-0.2, -0.15) is 0 Å². The Morgan fingerprint density at radius 2 is 2.00 bits per heavy atom. The van der Waals surface area contributed by atoms with Crippen LogP contribution in [0, 0.1) is 0 Å². The molecule has 0 unspecified atom stereocenters. The lowest BCUT2D eigenvalue weighted by Crippen LogP contribution is -2.23. The van der Waals surface area contributed by atoms with Crippen molar-refractivity contribution >= 4 is 5.78 Å². The molecule has 16 heavy (non-hydrogen) atoms. The van der Waals surface area contributed by atoms with Gasteiger partial charge in [0.25, 0.3) is 0 Å². The Labute approximate surface area is 97.3 Å². The number of hydrogen-bond donors (Lipinski definition) is 0. The van der Waals surface area contributed by atoms with Crippen LogP contribution in [0.1, 0.15) is 41.1 Å². The third kappa shape index (κ3) is 2.33. The molecule has 0 heterocycles. The summed E-state index contributed by atoms with van der Waals surface area (Å²) in [5.74, 6) is 0.870. The van der Waals surface area contributed by atoms with Crippen LogP contribution in [0.5, 0.6) is 0 Å². The molecule has 0 spiro atoms. The van der Waals surface area contributed by atoms with Gasteiger partial charge in [0.1, 0.15) is 0 Å². The van der Waals surface area contributed by atoms with Gasteiger partial charge in [-0.3, -0.25) is 4.79 Å². The number of rotatable bonds is 4. The van der Waals surface area contributed by atoms with Crippen LogP contribution in [-0.4, -0.2) is 31.3 Å². The quantitative estimate of drug-likeness (QED) is 0.723. The van der Waals surface area contributed by atoms with Crippen LogP contribution in [0.4, 0.5) is 0 Å². The predicted molar refractivity (Wildman–Crippen MR) is 65.9 cm³/mol. The molecule has 2 heteroatoms. The highest BCUT2D eigenvalue weighted by molar-refractivity contribution is 5.99. The van der Waals surface area contributed by atoms with Crippen molar-refractivity contribution in [2.75, 3.05) is 20.6 Å². The van der Waals surface area contributed by atoms with Crippen molar-refractivity contribution in [3.63, 3.8) is 0 Å². The normalized spacial score (nSPS) is 16.2. The van der Waals surface area contributed by atoms with E-state index in [9.17, 15) is 4.79 Å². The van der Waals surface area contributed by atoms with E-state index in [1.165, 1.54) is 24.8 Å². The van der Waals surface area contributed by atoms with Gasteiger partial charge in [0.15, 0.2) is 5.78 Å². The first-order chi connectivity index (χ1) is 7.68. The summed E-state index contributed by atoms with van der Waals surface area (Å²) in [6, 6.07) is 8.09. The smallest absolute Gasteiger partial charge is 0.177 e. The SMILES string of the molecule is CN(C)CC(=O)c1ccccc1C1CCC1. The molecule has 1 aliphatic carbocycles. The molecule has 1 saturated carbocycles. The molecular formula is C14H19NO. The van der Waals surface area contributed by atoms with Gasteiger partial charge in [-0.15, -0.1) is 0 Å². The fourth-order valence-corrected chi connectivity index (χ4v) is 2.20.